The smallest absolute Gasteiger partial charge is 0.120 e. The van der Waals surface area contributed by atoms with Crippen LogP contribution in [0.5, 0.6) is 0 Å². The molecule has 0 fully saturated rings. The van der Waals surface area contributed by atoms with E-state index in [4.69, 9.17) is 0 Å². The first-order chi connectivity index (χ1) is 10.2. The van der Waals surface area contributed by atoms with E-state index >= 15 is 0 Å². The molecule has 0 aliphatic heterocycles. The third kappa shape index (κ3) is 16.3. The first-order valence-electron chi connectivity index (χ1n) is 8.84. The van der Waals surface area contributed by atoms with Gasteiger partial charge in [0, 0.05) is 4.91 Å². The van der Waals surface area contributed by atoms with E-state index in [1.807, 2.05) is 20.8 Å². The van der Waals surface area contributed by atoms with Gasteiger partial charge >= 0.3 is 0 Å². The van der Waals surface area contributed by atoms with Crippen LogP contribution in [0.1, 0.15) is 98.3 Å². The maximum absolute atomic E-state index is 11.3. The Morgan fingerprint density at radius 2 is 1.26 bits per heavy atom. The molecule has 0 aromatic heterocycles. The van der Waals surface area contributed by atoms with Gasteiger partial charge in [-0.3, -0.25) is 0 Å². The Balaban J connectivity index is 0. The summed E-state index contributed by atoms with van der Waals surface area (Å²) in [5.41, 5.74) is -0.273. The van der Waals surface area contributed by atoms with Gasteiger partial charge in [-0.15, -0.1) is 0 Å². The summed E-state index contributed by atoms with van der Waals surface area (Å²) in [5.74, 6) is 0. The van der Waals surface area contributed by atoms with Gasteiger partial charge in [-0.05, 0) is 18.3 Å². The maximum Gasteiger partial charge on any atom is 0.120 e. The lowest BCUT2D eigenvalue weighted by Gasteiger charge is -2.18. The molecule has 0 atom stereocenters. The second kappa shape index (κ2) is 13.0. The predicted molar refractivity (Wildman–Crippen MR) is 99.7 cm³/mol. The second-order valence-electron chi connectivity index (χ2n) is 7.36. The van der Waals surface area contributed by atoms with Gasteiger partial charge < -0.3 is 10.7 Å². The van der Waals surface area contributed by atoms with Crippen molar-refractivity contribution in [3.63, 3.8) is 0 Å². The number of allylic oxidation sites excluding steroid dienone is 2. The van der Waals surface area contributed by atoms with Crippen LogP contribution in [0.2, 0.25) is 0 Å². The van der Waals surface area contributed by atoms with Crippen molar-refractivity contribution < 1.29 is 13.0 Å². The molecule has 4 nitrogen and oxygen atoms in total. The van der Waals surface area contributed by atoms with Crippen molar-refractivity contribution in [2.75, 3.05) is 0 Å². The SMILES string of the molecule is CCCCCCCCCCCCC(=CC(C)(C)C)S(=O)(=O)[O-].[NH4+]. The lowest BCUT2D eigenvalue weighted by atomic mass is 9.95. The molecule has 5 heteroatoms. The molecular formula is C18H39NO3S. The molecule has 0 spiro atoms. The molecule has 0 radical (unpaired) electrons. The monoisotopic (exact) mass is 349 g/mol. The summed E-state index contributed by atoms with van der Waals surface area (Å²) in [6.07, 6.45) is 14.0. The van der Waals surface area contributed by atoms with Crippen molar-refractivity contribution >= 4 is 10.1 Å². The molecule has 0 aromatic carbocycles. The van der Waals surface area contributed by atoms with Crippen LogP contribution in [0.15, 0.2) is 11.0 Å². The van der Waals surface area contributed by atoms with Crippen LogP contribution in [0.25, 0.3) is 0 Å². The van der Waals surface area contributed by atoms with Crippen LogP contribution in [-0.2, 0) is 10.1 Å². The molecule has 23 heavy (non-hydrogen) atoms. The number of hydrogen-bond acceptors (Lipinski definition) is 3. The highest BCUT2D eigenvalue weighted by Gasteiger charge is 2.12. The Hall–Kier alpha value is -0.390. The quantitative estimate of drug-likeness (QED) is 0.338. The maximum atomic E-state index is 11.3. The second-order valence-corrected chi connectivity index (χ2v) is 8.80. The van der Waals surface area contributed by atoms with Crippen LogP contribution < -0.4 is 6.15 Å². The first kappa shape index (κ1) is 24.9. The Labute approximate surface area is 144 Å². The van der Waals surface area contributed by atoms with E-state index in [0.717, 1.165) is 19.3 Å². The van der Waals surface area contributed by atoms with E-state index in [-0.39, 0.29) is 16.5 Å². The molecule has 0 heterocycles. The number of rotatable bonds is 12. The first-order valence-corrected chi connectivity index (χ1v) is 10.3. The highest BCUT2D eigenvalue weighted by Crippen LogP contribution is 2.24. The van der Waals surface area contributed by atoms with Crippen molar-refractivity contribution in [1.82, 2.24) is 6.15 Å². The highest BCUT2D eigenvalue weighted by atomic mass is 32.2. The molecule has 4 N–H and O–H groups in total. The summed E-state index contributed by atoms with van der Waals surface area (Å²) >= 11 is 0. The van der Waals surface area contributed by atoms with Gasteiger partial charge in [0.05, 0.1) is 0 Å². The lowest BCUT2D eigenvalue weighted by Crippen LogP contribution is -2.09. The van der Waals surface area contributed by atoms with E-state index in [9.17, 15) is 13.0 Å². The van der Waals surface area contributed by atoms with Gasteiger partial charge in [-0.1, -0.05) is 91.6 Å². The van der Waals surface area contributed by atoms with E-state index < -0.39 is 10.1 Å². The fourth-order valence-electron chi connectivity index (χ4n) is 2.54. The van der Waals surface area contributed by atoms with Crippen LogP contribution in [0, 0.1) is 5.41 Å². The summed E-state index contributed by atoms with van der Waals surface area (Å²) in [6.45, 7) is 7.97. The van der Waals surface area contributed by atoms with E-state index in [0.29, 0.717) is 6.42 Å². The number of quaternary nitrogens is 1. The molecule has 0 rings (SSSR count). The minimum atomic E-state index is -4.30. The summed E-state index contributed by atoms with van der Waals surface area (Å²) in [5, 5.41) is 0. The van der Waals surface area contributed by atoms with Gasteiger partial charge in [-0.2, -0.15) is 0 Å². The van der Waals surface area contributed by atoms with Crippen molar-refractivity contribution in [2.45, 2.75) is 98.3 Å². The van der Waals surface area contributed by atoms with Crippen LogP contribution >= 0.6 is 0 Å². The van der Waals surface area contributed by atoms with Crippen molar-refractivity contribution in [3.8, 4) is 0 Å². The van der Waals surface area contributed by atoms with Gasteiger partial charge in [0.15, 0.2) is 0 Å². The van der Waals surface area contributed by atoms with Crippen molar-refractivity contribution in [3.05, 3.63) is 11.0 Å². The van der Waals surface area contributed by atoms with E-state index in [2.05, 4.69) is 6.92 Å². The average molecular weight is 350 g/mol. The Morgan fingerprint density at radius 3 is 1.61 bits per heavy atom. The van der Waals surface area contributed by atoms with Gasteiger partial charge in [0.1, 0.15) is 10.1 Å². The zero-order valence-electron chi connectivity index (χ0n) is 16.0. The third-order valence-corrected chi connectivity index (χ3v) is 4.66. The minimum absolute atomic E-state index is 0. The summed E-state index contributed by atoms with van der Waals surface area (Å²) in [6, 6.07) is 0. The predicted octanol–water partition coefficient (Wildman–Crippen LogP) is 6.15. The molecule has 0 saturated heterocycles. The Kier molecular flexibility index (Phi) is 14.0. The molecule has 140 valence electrons. The summed E-state index contributed by atoms with van der Waals surface area (Å²) < 4.78 is 33.8. The molecule has 0 saturated carbocycles. The van der Waals surface area contributed by atoms with Crippen LogP contribution in [0.3, 0.4) is 0 Å². The van der Waals surface area contributed by atoms with E-state index in [1.54, 1.807) is 6.08 Å². The van der Waals surface area contributed by atoms with Crippen LogP contribution in [0.4, 0.5) is 0 Å². The van der Waals surface area contributed by atoms with Gasteiger partial charge in [-0.25, -0.2) is 8.42 Å². The molecular weight excluding hydrogens is 310 g/mol. The largest absolute Gasteiger partial charge is 0.744 e. The standard InChI is InChI=1S/C18H36O3S.H3N/c1-5-6-7-8-9-10-11-12-13-14-15-17(22(19,20)21)16-18(2,3)4;/h16H,5-15H2,1-4H3,(H,19,20,21);1H3. The fraction of sp³-hybridized carbons (Fsp3) is 0.889. The fourth-order valence-corrected chi connectivity index (χ4v) is 3.43. The lowest BCUT2D eigenvalue weighted by molar-refractivity contribution is 0.463. The van der Waals surface area contributed by atoms with Crippen molar-refractivity contribution in [2.24, 2.45) is 5.41 Å². The average Bonchev–Trinajstić information content (AvgIpc) is 2.37. The molecule has 0 unspecified atom stereocenters. The molecule has 0 bridgehead atoms. The molecule has 0 aliphatic rings. The van der Waals surface area contributed by atoms with Gasteiger partial charge in [0.2, 0.25) is 0 Å². The molecule has 0 amide bonds. The highest BCUT2D eigenvalue weighted by molar-refractivity contribution is 7.89. The zero-order chi connectivity index (χ0) is 17.1. The topological polar surface area (TPSA) is 93.7 Å². The minimum Gasteiger partial charge on any atom is -0.744 e. The molecule has 0 aromatic rings. The van der Waals surface area contributed by atoms with Crippen LogP contribution in [-0.4, -0.2) is 13.0 Å². The van der Waals surface area contributed by atoms with E-state index in [1.165, 1.54) is 44.9 Å². The third-order valence-electron chi connectivity index (χ3n) is 3.69. The molecule has 0 aliphatic carbocycles. The van der Waals surface area contributed by atoms with Crippen molar-refractivity contribution in [1.29, 1.82) is 0 Å². The normalized spacial score (nSPS) is 13.0. The Bertz CT molecular complexity index is 408. The Morgan fingerprint density at radius 1 is 0.870 bits per heavy atom. The van der Waals surface area contributed by atoms with Gasteiger partial charge in [0.25, 0.3) is 0 Å². The summed E-state index contributed by atoms with van der Waals surface area (Å²) in [7, 11) is -4.30. The summed E-state index contributed by atoms with van der Waals surface area (Å²) in [4.78, 5) is 0.0690. The number of hydrogen-bond donors (Lipinski definition) is 1. The zero-order valence-corrected chi connectivity index (χ0v) is 16.8. The number of unbranched alkanes of at least 4 members (excludes halogenated alkanes) is 9.